The van der Waals surface area contributed by atoms with Crippen LogP contribution in [-0.4, -0.2) is 39.0 Å². The van der Waals surface area contributed by atoms with Crippen LogP contribution >= 0.6 is 12.6 Å². The topological polar surface area (TPSA) is 86.3 Å². The number of nitrogens with one attached hydrogen (secondary N) is 1. The number of amides is 1. The minimum Gasteiger partial charge on any atom is -0.477 e. The Labute approximate surface area is 90.7 Å². The first-order valence-electron chi connectivity index (χ1n) is 4.34. The van der Waals surface area contributed by atoms with Gasteiger partial charge in [0.2, 0.25) is 5.91 Å². The van der Waals surface area contributed by atoms with Crippen LogP contribution in [0.1, 0.15) is 16.8 Å². The van der Waals surface area contributed by atoms with Crippen LogP contribution in [0, 0.1) is 0 Å². The molecule has 0 spiro atoms. The number of carbonyl (C=O) groups is 2. The standard InChI is InChI=1S/C8H9N3O3S/c12-6-1-4(15)3-11(6)7-5(8(13)14)2-9-10-7/h2,4,15H,1,3H2,(H,9,10)(H,13,14). The van der Waals surface area contributed by atoms with Gasteiger partial charge >= 0.3 is 5.97 Å². The SMILES string of the molecule is O=C(O)c1cn[nH]c1N1CC(S)CC1=O. The van der Waals surface area contributed by atoms with Crippen LogP contribution in [0.5, 0.6) is 0 Å². The molecule has 1 fully saturated rings. The highest BCUT2D eigenvalue weighted by molar-refractivity contribution is 7.81. The Bertz CT molecular complexity index is 417. The Morgan fingerprint density at radius 3 is 3.00 bits per heavy atom. The molecule has 1 aliphatic rings. The van der Waals surface area contributed by atoms with Crippen molar-refractivity contribution < 1.29 is 14.7 Å². The average molecular weight is 227 g/mol. The summed E-state index contributed by atoms with van der Waals surface area (Å²) in [4.78, 5) is 23.7. The lowest BCUT2D eigenvalue weighted by atomic mass is 10.3. The van der Waals surface area contributed by atoms with Crippen LogP contribution in [0.4, 0.5) is 5.82 Å². The van der Waals surface area contributed by atoms with Crippen molar-refractivity contribution >= 4 is 30.3 Å². The summed E-state index contributed by atoms with van der Waals surface area (Å²) in [5.74, 6) is -1.00. The van der Waals surface area contributed by atoms with E-state index < -0.39 is 5.97 Å². The molecule has 1 aliphatic heterocycles. The number of aromatic carboxylic acids is 1. The Balaban J connectivity index is 2.33. The molecule has 15 heavy (non-hydrogen) atoms. The van der Waals surface area contributed by atoms with E-state index in [1.54, 1.807) is 0 Å². The fraction of sp³-hybridized carbons (Fsp3) is 0.375. The third-order valence-corrected chi connectivity index (χ3v) is 2.57. The maximum atomic E-state index is 11.5. The van der Waals surface area contributed by atoms with E-state index >= 15 is 0 Å². The Hall–Kier alpha value is -1.50. The van der Waals surface area contributed by atoms with Gasteiger partial charge in [-0.1, -0.05) is 0 Å². The van der Waals surface area contributed by atoms with Gasteiger partial charge in [-0.25, -0.2) is 4.79 Å². The number of carbonyl (C=O) groups excluding carboxylic acids is 1. The molecule has 80 valence electrons. The largest absolute Gasteiger partial charge is 0.477 e. The van der Waals surface area contributed by atoms with E-state index in [4.69, 9.17) is 5.11 Å². The molecular formula is C8H9N3O3S. The fourth-order valence-electron chi connectivity index (χ4n) is 1.55. The first-order valence-corrected chi connectivity index (χ1v) is 4.86. The molecule has 2 heterocycles. The third-order valence-electron chi connectivity index (χ3n) is 2.22. The van der Waals surface area contributed by atoms with E-state index in [0.717, 1.165) is 0 Å². The van der Waals surface area contributed by atoms with Crippen LogP contribution in [0.25, 0.3) is 0 Å². The van der Waals surface area contributed by atoms with Gasteiger partial charge in [-0.3, -0.25) is 14.8 Å². The summed E-state index contributed by atoms with van der Waals surface area (Å²) >= 11 is 4.18. The first-order chi connectivity index (χ1) is 7.09. The van der Waals surface area contributed by atoms with Gasteiger partial charge < -0.3 is 5.11 Å². The fourth-order valence-corrected chi connectivity index (χ4v) is 1.87. The van der Waals surface area contributed by atoms with Gasteiger partial charge in [0.1, 0.15) is 11.4 Å². The van der Waals surface area contributed by atoms with Gasteiger partial charge in [-0.2, -0.15) is 17.7 Å². The molecule has 1 amide bonds. The zero-order valence-electron chi connectivity index (χ0n) is 7.67. The molecule has 1 atom stereocenters. The summed E-state index contributed by atoms with van der Waals surface area (Å²) < 4.78 is 0. The van der Waals surface area contributed by atoms with Crippen LogP contribution in [0.15, 0.2) is 6.20 Å². The van der Waals surface area contributed by atoms with E-state index in [1.807, 2.05) is 0 Å². The van der Waals surface area contributed by atoms with Crippen molar-refractivity contribution in [2.45, 2.75) is 11.7 Å². The number of carboxylic acids is 1. The Kier molecular flexibility index (Phi) is 2.39. The summed E-state index contributed by atoms with van der Waals surface area (Å²) in [6.07, 6.45) is 1.51. The third kappa shape index (κ3) is 1.70. The molecular weight excluding hydrogens is 218 g/mol. The van der Waals surface area contributed by atoms with Gasteiger partial charge in [0.15, 0.2) is 0 Å². The highest BCUT2D eigenvalue weighted by atomic mass is 32.1. The quantitative estimate of drug-likeness (QED) is 0.627. The van der Waals surface area contributed by atoms with Crippen molar-refractivity contribution in [1.82, 2.24) is 10.2 Å². The average Bonchev–Trinajstić information content (AvgIpc) is 2.71. The van der Waals surface area contributed by atoms with Crippen LogP contribution < -0.4 is 4.90 Å². The molecule has 0 bridgehead atoms. The molecule has 2 N–H and O–H groups in total. The van der Waals surface area contributed by atoms with Crippen molar-refractivity contribution in [3.8, 4) is 0 Å². The summed E-state index contributed by atoms with van der Waals surface area (Å²) in [6, 6.07) is 0. The molecule has 0 saturated carbocycles. The Morgan fingerprint density at radius 1 is 1.73 bits per heavy atom. The van der Waals surface area contributed by atoms with Crippen molar-refractivity contribution in [3.05, 3.63) is 11.8 Å². The number of nitrogens with zero attached hydrogens (tertiary/aromatic N) is 2. The Morgan fingerprint density at radius 2 is 2.47 bits per heavy atom. The molecule has 1 aromatic rings. The maximum absolute atomic E-state index is 11.5. The normalized spacial score (nSPS) is 21.0. The van der Waals surface area contributed by atoms with Gasteiger partial charge in [-0.05, 0) is 0 Å². The summed E-state index contributed by atoms with van der Waals surface area (Å²) in [5.41, 5.74) is 0.00535. The first kappa shape index (κ1) is 10.0. The van der Waals surface area contributed by atoms with E-state index in [1.165, 1.54) is 11.1 Å². The number of anilines is 1. The second-order valence-corrected chi connectivity index (χ2v) is 4.03. The summed E-state index contributed by atoms with van der Waals surface area (Å²) in [5, 5.41) is 14.9. The molecule has 6 nitrogen and oxygen atoms in total. The molecule has 0 radical (unpaired) electrons. The molecule has 1 unspecified atom stereocenters. The molecule has 1 aromatic heterocycles. The number of aromatic amines is 1. The predicted molar refractivity (Wildman–Crippen MR) is 55.3 cm³/mol. The van der Waals surface area contributed by atoms with E-state index in [2.05, 4.69) is 22.8 Å². The van der Waals surface area contributed by atoms with E-state index in [-0.39, 0.29) is 22.5 Å². The van der Waals surface area contributed by atoms with Crippen molar-refractivity contribution in [2.24, 2.45) is 0 Å². The minimum absolute atomic E-state index is 0.00535. The number of hydrogen-bond donors (Lipinski definition) is 3. The van der Waals surface area contributed by atoms with Crippen molar-refractivity contribution in [1.29, 1.82) is 0 Å². The van der Waals surface area contributed by atoms with Gasteiger partial charge in [0.05, 0.1) is 6.20 Å². The molecule has 0 aliphatic carbocycles. The summed E-state index contributed by atoms with van der Waals surface area (Å²) in [6.45, 7) is 0.407. The number of rotatable bonds is 2. The zero-order valence-corrected chi connectivity index (χ0v) is 8.57. The van der Waals surface area contributed by atoms with Crippen LogP contribution in [0.2, 0.25) is 0 Å². The van der Waals surface area contributed by atoms with E-state index in [9.17, 15) is 9.59 Å². The highest BCUT2D eigenvalue weighted by Crippen LogP contribution is 2.24. The lowest BCUT2D eigenvalue weighted by Crippen LogP contribution is -2.26. The van der Waals surface area contributed by atoms with E-state index in [0.29, 0.717) is 13.0 Å². The summed E-state index contributed by atoms with van der Waals surface area (Å²) in [7, 11) is 0. The molecule has 2 rings (SSSR count). The van der Waals surface area contributed by atoms with Gasteiger partial charge in [0.25, 0.3) is 0 Å². The van der Waals surface area contributed by atoms with Crippen molar-refractivity contribution in [3.63, 3.8) is 0 Å². The minimum atomic E-state index is -1.10. The number of hydrogen-bond acceptors (Lipinski definition) is 4. The second-order valence-electron chi connectivity index (χ2n) is 3.30. The lowest BCUT2D eigenvalue weighted by molar-refractivity contribution is -0.117. The van der Waals surface area contributed by atoms with Crippen LogP contribution in [-0.2, 0) is 4.79 Å². The molecule has 0 aromatic carbocycles. The molecule has 1 saturated heterocycles. The number of aromatic nitrogens is 2. The number of H-pyrrole nitrogens is 1. The second kappa shape index (κ2) is 3.58. The maximum Gasteiger partial charge on any atom is 0.341 e. The van der Waals surface area contributed by atoms with Gasteiger partial charge in [0, 0.05) is 18.2 Å². The highest BCUT2D eigenvalue weighted by Gasteiger charge is 2.32. The zero-order chi connectivity index (χ0) is 11.0. The van der Waals surface area contributed by atoms with Crippen molar-refractivity contribution in [2.75, 3.05) is 11.4 Å². The smallest absolute Gasteiger partial charge is 0.341 e. The van der Waals surface area contributed by atoms with Crippen LogP contribution in [0.3, 0.4) is 0 Å². The predicted octanol–water partition coefficient (Wildman–Crippen LogP) is 0.143. The lowest BCUT2D eigenvalue weighted by Gasteiger charge is -2.13. The molecule has 7 heteroatoms. The number of carboxylic acid groups (broad SMARTS) is 1. The number of thiol groups is 1. The monoisotopic (exact) mass is 227 g/mol. The van der Waals surface area contributed by atoms with Gasteiger partial charge in [-0.15, -0.1) is 0 Å².